The minimum atomic E-state index is -4.98. The van der Waals surface area contributed by atoms with Crippen molar-refractivity contribution in [1.82, 2.24) is 0 Å². The second-order valence-corrected chi connectivity index (χ2v) is 7.06. The van der Waals surface area contributed by atoms with Crippen LogP contribution in [0.1, 0.15) is 12.5 Å². The minimum Gasteiger partial charge on any atom is -0.398 e. The molecule has 7 nitrogen and oxygen atoms in total. The van der Waals surface area contributed by atoms with Gasteiger partial charge < -0.3 is 16.2 Å². The Bertz CT molecular complexity index is 903. The molecule has 0 aliphatic heterocycles. The van der Waals surface area contributed by atoms with Gasteiger partial charge in [0, 0.05) is 28.1 Å². The topological polar surface area (TPSA) is 118 Å². The number of anilines is 2. The van der Waals surface area contributed by atoms with E-state index in [4.69, 9.17) is 5.73 Å². The van der Waals surface area contributed by atoms with Gasteiger partial charge in [0.1, 0.15) is 11.2 Å². The number of carbonyl (C=O) groups is 1. The first-order valence-corrected chi connectivity index (χ1v) is 8.77. The van der Waals surface area contributed by atoms with E-state index in [1.54, 1.807) is 24.3 Å². The van der Waals surface area contributed by atoms with Crippen molar-refractivity contribution in [3.8, 4) is 0 Å². The fourth-order valence-electron chi connectivity index (χ4n) is 2.16. The summed E-state index contributed by atoms with van der Waals surface area (Å²) < 4.78 is 39.1. The van der Waals surface area contributed by atoms with Crippen LogP contribution >= 0.6 is 11.8 Å². The summed E-state index contributed by atoms with van der Waals surface area (Å²) in [5.74, 6) is -1.08. The molecule has 0 fully saturated rings. The first kappa shape index (κ1) is 21.5. The Hall–Kier alpha value is -2.79. The predicted octanol–water partition coefficient (Wildman–Crippen LogP) is 3.68. The fourth-order valence-corrected chi connectivity index (χ4v) is 3.14. The first-order chi connectivity index (χ1) is 12.9. The molecule has 0 saturated carbocycles. The van der Waals surface area contributed by atoms with Crippen LogP contribution in [0.2, 0.25) is 0 Å². The number of amides is 1. The van der Waals surface area contributed by atoms with E-state index in [2.05, 4.69) is 5.32 Å². The van der Waals surface area contributed by atoms with Gasteiger partial charge >= 0.3 is 6.18 Å². The van der Waals surface area contributed by atoms with E-state index in [-0.39, 0.29) is 11.4 Å². The molecule has 150 valence electrons. The van der Waals surface area contributed by atoms with E-state index in [1.807, 2.05) is 0 Å². The quantitative estimate of drug-likeness (QED) is 0.287. The van der Waals surface area contributed by atoms with Crippen molar-refractivity contribution < 1.29 is 28.0 Å². The molecule has 0 saturated heterocycles. The zero-order valence-corrected chi connectivity index (χ0v) is 15.3. The van der Waals surface area contributed by atoms with Crippen molar-refractivity contribution in [2.45, 2.75) is 23.6 Å². The number of alkyl halides is 3. The van der Waals surface area contributed by atoms with E-state index in [0.29, 0.717) is 22.7 Å². The van der Waals surface area contributed by atoms with Crippen molar-refractivity contribution in [2.75, 3.05) is 16.8 Å². The number of halogens is 3. The molecule has 0 unspecified atom stereocenters. The molecule has 2 aromatic rings. The first-order valence-electron chi connectivity index (χ1n) is 7.78. The molecule has 2 aromatic carbocycles. The van der Waals surface area contributed by atoms with Crippen LogP contribution in [0.5, 0.6) is 0 Å². The van der Waals surface area contributed by atoms with E-state index in [0.717, 1.165) is 17.8 Å². The predicted molar refractivity (Wildman–Crippen MR) is 98.9 cm³/mol. The summed E-state index contributed by atoms with van der Waals surface area (Å²) in [6.07, 6.45) is -4.98. The summed E-state index contributed by atoms with van der Waals surface area (Å²) in [4.78, 5) is 22.5. The van der Waals surface area contributed by atoms with Gasteiger partial charge in [-0.05, 0) is 31.2 Å². The van der Waals surface area contributed by atoms with Gasteiger partial charge in [0.15, 0.2) is 0 Å². The lowest BCUT2D eigenvalue weighted by molar-refractivity contribution is -0.388. The summed E-state index contributed by atoms with van der Waals surface area (Å²) in [6, 6.07) is 8.84. The summed E-state index contributed by atoms with van der Waals surface area (Å²) in [7, 11) is 0. The molecular weight excluding hydrogens is 399 g/mol. The lowest BCUT2D eigenvalue weighted by atomic mass is 10.1. The molecule has 28 heavy (non-hydrogen) atoms. The molecule has 4 N–H and O–H groups in total. The number of benzene rings is 2. The van der Waals surface area contributed by atoms with Crippen LogP contribution in [-0.4, -0.2) is 27.3 Å². The number of nitrogen functional groups attached to an aromatic ring is 1. The van der Waals surface area contributed by atoms with Crippen LogP contribution in [0, 0.1) is 10.1 Å². The van der Waals surface area contributed by atoms with Gasteiger partial charge in [-0.1, -0.05) is 12.1 Å². The lowest BCUT2D eigenvalue weighted by Gasteiger charge is -2.22. The highest BCUT2D eigenvalue weighted by atomic mass is 32.2. The number of hydrogen-bond acceptors (Lipinski definition) is 6. The van der Waals surface area contributed by atoms with Crippen LogP contribution < -0.4 is 11.1 Å². The average Bonchev–Trinajstić information content (AvgIpc) is 2.60. The summed E-state index contributed by atoms with van der Waals surface area (Å²) in [5, 5.41) is 23.3. The normalized spacial score (nSPS) is 13.6. The number of nitro groups is 1. The van der Waals surface area contributed by atoms with Crippen molar-refractivity contribution in [3.05, 3.63) is 58.1 Å². The molecule has 1 atom stereocenters. The standard InChI is InChI=1S/C17H16F3N3O4S/c1-16(25,9-28-14-5-3-2-4-12(14)21)15(24)22-10-6-7-13(23(26)27)11(8-10)17(18,19)20/h2-8,25H,9,21H2,1H3,(H,22,24)/t16-/m0/s1. The van der Waals surface area contributed by atoms with Crippen molar-refractivity contribution in [2.24, 2.45) is 0 Å². The Morgan fingerprint density at radius 3 is 2.50 bits per heavy atom. The van der Waals surface area contributed by atoms with Gasteiger partial charge in [-0.15, -0.1) is 11.8 Å². The molecule has 0 heterocycles. The third kappa shape index (κ3) is 5.14. The van der Waals surface area contributed by atoms with Gasteiger partial charge in [-0.25, -0.2) is 0 Å². The average molecular weight is 415 g/mol. The fraction of sp³-hybridized carbons (Fsp3) is 0.235. The third-order valence-corrected chi connectivity index (χ3v) is 5.06. The van der Waals surface area contributed by atoms with Crippen molar-refractivity contribution in [1.29, 1.82) is 0 Å². The summed E-state index contributed by atoms with van der Waals surface area (Å²) >= 11 is 1.10. The highest BCUT2D eigenvalue weighted by Gasteiger charge is 2.39. The van der Waals surface area contributed by atoms with Gasteiger partial charge in [0.25, 0.3) is 11.6 Å². The largest absolute Gasteiger partial charge is 0.423 e. The molecule has 11 heteroatoms. The molecule has 2 rings (SSSR count). The molecule has 0 aliphatic carbocycles. The number of aliphatic hydroxyl groups is 1. The van der Waals surface area contributed by atoms with Gasteiger partial charge in [0.05, 0.1) is 4.92 Å². The molecule has 0 bridgehead atoms. The number of rotatable bonds is 6. The van der Waals surface area contributed by atoms with E-state index in [1.165, 1.54) is 6.92 Å². The second kappa shape index (κ2) is 8.07. The van der Waals surface area contributed by atoms with Gasteiger partial charge in [-0.2, -0.15) is 13.2 Å². The SMILES string of the molecule is C[C@](O)(CSc1ccccc1N)C(=O)Nc1ccc([N+](=O)[O-])c(C(F)(F)F)c1. The highest BCUT2D eigenvalue weighted by molar-refractivity contribution is 7.99. The zero-order valence-electron chi connectivity index (χ0n) is 14.5. The van der Waals surface area contributed by atoms with E-state index in [9.17, 15) is 33.2 Å². The number of thioether (sulfide) groups is 1. The maximum Gasteiger partial charge on any atom is 0.423 e. The number of nitrogens with one attached hydrogen (secondary N) is 1. The van der Waals surface area contributed by atoms with E-state index < -0.39 is 33.9 Å². The second-order valence-electron chi connectivity index (χ2n) is 6.04. The van der Waals surface area contributed by atoms with Crippen LogP contribution in [0.4, 0.5) is 30.2 Å². The molecule has 1 amide bonds. The third-order valence-electron chi connectivity index (χ3n) is 3.67. The Morgan fingerprint density at radius 2 is 1.93 bits per heavy atom. The Labute approximate surface area is 161 Å². The molecule has 0 spiro atoms. The zero-order chi connectivity index (χ0) is 21.1. The van der Waals surface area contributed by atoms with Crippen LogP contribution in [0.3, 0.4) is 0 Å². The van der Waals surface area contributed by atoms with Gasteiger partial charge in [0.2, 0.25) is 0 Å². The number of nitrogens with two attached hydrogens (primary N) is 1. The Kier molecular flexibility index (Phi) is 6.20. The van der Waals surface area contributed by atoms with Crippen LogP contribution in [-0.2, 0) is 11.0 Å². The molecule has 0 aromatic heterocycles. The number of para-hydroxylation sites is 1. The Balaban J connectivity index is 2.16. The number of nitrogens with zero attached hydrogens (tertiary/aromatic N) is 1. The number of nitro benzene ring substituents is 1. The van der Waals surface area contributed by atoms with Crippen LogP contribution in [0.15, 0.2) is 47.4 Å². The monoisotopic (exact) mass is 415 g/mol. The summed E-state index contributed by atoms with van der Waals surface area (Å²) in [5.41, 5.74) is 1.34. The van der Waals surface area contributed by atoms with Crippen LogP contribution in [0.25, 0.3) is 0 Å². The van der Waals surface area contributed by atoms with E-state index >= 15 is 0 Å². The number of hydrogen-bond donors (Lipinski definition) is 3. The minimum absolute atomic E-state index is 0.119. The Morgan fingerprint density at radius 1 is 1.29 bits per heavy atom. The van der Waals surface area contributed by atoms with Crippen molar-refractivity contribution >= 4 is 34.7 Å². The number of carbonyl (C=O) groups excluding carboxylic acids is 1. The smallest absolute Gasteiger partial charge is 0.398 e. The highest BCUT2D eigenvalue weighted by Crippen LogP contribution is 2.37. The maximum absolute atomic E-state index is 13.0. The molecule has 0 aliphatic rings. The molecule has 0 radical (unpaired) electrons. The molecular formula is C17H16F3N3O4S. The lowest BCUT2D eigenvalue weighted by Crippen LogP contribution is -2.42. The van der Waals surface area contributed by atoms with Crippen molar-refractivity contribution in [3.63, 3.8) is 0 Å². The summed E-state index contributed by atoms with van der Waals surface area (Å²) in [6.45, 7) is 1.20. The van der Waals surface area contributed by atoms with Gasteiger partial charge in [-0.3, -0.25) is 14.9 Å². The maximum atomic E-state index is 13.0.